The Kier molecular flexibility index (Phi) is 17.6. The number of carbonyl (C=O) groups excluding carboxylic acids is 5. The summed E-state index contributed by atoms with van der Waals surface area (Å²) in [6.07, 6.45) is -3.45. The van der Waals surface area contributed by atoms with Gasteiger partial charge in [0.2, 0.25) is 23.6 Å². The Morgan fingerprint density at radius 1 is 0.833 bits per heavy atom. The van der Waals surface area contributed by atoms with Crippen LogP contribution >= 0.6 is 0 Å². The lowest BCUT2D eigenvalue weighted by molar-refractivity contribution is -0.141. The minimum Gasteiger partial charge on any atom is -0.492 e. The van der Waals surface area contributed by atoms with E-state index in [0.29, 0.717) is 58.7 Å². The van der Waals surface area contributed by atoms with E-state index >= 15 is 0 Å². The molecule has 4 aromatic rings. The third-order valence-electron chi connectivity index (χ3n) is 10.8. The number of alkyl halides is 3. The summed E-state index contributed by atoms with van der Waals surface area (Å²) in [4.78, 5) is 71.3. The molecule has 0 aliphatic carbocycles. The van der Waals surface area contributed by atoms with Gasteiger partial charge >= 0.3 is 6.18 Å². The van der Waals surface area contributed by atoms with Gasteiger partial charge in [-0.05, 0) is 104 Å². The summed E-state index contributed by atoms with van der Waals surface area (Å²) in [7, 11) is 1.39. The summed E-state index contributed by atoms with van der Waals surface area (Å²) < 4.78 is 51.6. The van der Waals surface area contributed by atoms with Crippen LogP contribution in [-0.2, 0) is 31.8 Å². The van der Waals surface area contributed by atoms with Crippen LogP contribution < -0.4 is 47.9 Å². The molecular weight excluding hydrogens is 860 g/mol. The number of halogens is 3. The van der Waals surface area contributed by atoms with Gasteiger partial charge in [-0.3, -0.25) is 24.0 Å². The van der Waals surface area contributed by atoms with Gasteiger partial charge in [-0.15, -0.1) is 0 Å². The molecule has 4 bridgehead atoms. The number of nitrogens with two attached hydrogens (primary N) is 3. The number of hydrogen-bond acceptors (Lipinski definition) is 11. The van der Waals surface area contributed by atoms with E-state index in [4.69, 9.17) is 31.9 Å². The number of nitrogens with zero attached hydrogens (tertiary/aromatic N) is 2. The van der Waals surface area contributed by atoms with Gasteiger partial charge in [-0.25, -0.2) is 0 Å². The predicted molar refractivity (Wildman–Crippen MR) is 239 cm³/mol. The van der Waals surface area contributed by atoms with Crippen molar-refractivity contribution in [1.82, 2.24) is 26.2 Å². The van der Waals surface area contributed by atoms with Gasteiger partial charge in [0.15, 0.2) is 0 Å². The average molecular weight is 914 g/mol. The topological polar surface area (TPSA) is 257 Å². The van der Waals surface area contributed by atoms with Crippen LogP contribution in [-0.4, -0.2) is 99.0 Å². The molecule has 350 valence electrons. The molecule has 0 saturated heterocycles. The van der Waals surface area contributed by atoms with E-state index in [2.05, 4.69) is 21.3 Å². The SMILES string of the molecule is C[C@@H]1NC(=O)[C@@H](N(C)C(=O)[C@H](CCCCN)NC(=O)c2ccc(-c3ccc(C(F)(F)F)cc3)cc2)c2ccc(OCCN)c(c2)-c2cc(ccc2OCCN)C[C@@H](C(=O)NCC#N)NC1=O. The second-order valence-electron chi connectivity index (χ2n) is 15.5. The number of ether oxygens (including phenoxy) is 2. The molecule has 0 radical (unpaired) electrons. The molecule has 1 aliphatic rings. The molecule has 10 N–H and O–H groups in total. The van der Waals surface area contributed by atoms with Crippen molar-refractivity contribution in [3.63, 3.8) is 0 Å². The lowest BCUT2D eigenvalue weighted by atomic mass is 9.93. The molecule has 1 aliphatic heterocycles. The highest BCUT2D eigenvalue weighted by molar-refractivity contribution is 5.99. The summed E-state index contributed by atoms with van der Waals surface area (Å²) in [5, 5.41) is 19.8. The highest BCUT2D eigenvalue weighted by atomic mass is 19.4. The van der Waals surface area contributed by atoms with E-state index in [1.807, 2.05) is 6.07 Å². The van der Waals surface area contributed by atoms with Gasteiger partial charge in [0, 0.05) is 43.2 Å². The number of nitrogens with one attached hydrogen (secondary N) is 4. The van der Waals surface area contributed by atoms with E-state index < -0.39 is 65.4 Å². The molecule has 0 unspecified atom stereocenters. The number of fused-ring (bicyclic) bond motifs is 5. The monoisotopic (exact) mass is 913 g/mol. The van der Waals surface area contributed by atoms with Crippen LogP contribution in [0.3, 0.4) is 0 Å². The first kappa shape index (κ1) is 50.0. The minimum absolute atomic E-state index is 0.0209. The molecule has 4 aromatic carbocycles. The normalized spacial score (nSPS) is 16.6. The fourth-order valence-corrected chi connectivity index (χ4v) is 7.36. The molecule has 0 fully saturated rings. The number of hydrogen-bond donors (Lipinski definition) is 7. The standard InChI is InChI=1S/C47H54F3N9O7/c1-28-42(60)58-38(44(62)55-22-19-52)26-29-6-16-39(65-23-20-53)35(25-29)36-27-33(13-17-40(36)66-24-21-54)41(45(63)56-28)59(2)46(64)37(5-3-4-18-51)57-43(61)32-9-7-30(8-10-32)31-11-14-34(15-12-31)47(48,49)50/h6-17,25,27-28,37-38,41H,3-5,18,20-24,26,51,53-54H2,1-2H3,(H,55,62)(H,56,63)(H,57,61)(H,58,60)/t28-,37-,38-,41-/m0/s1. The van der Waals surface area contributed by atoms with E-state index in [-0.39, 0.29) is 56.8 Å². The largest absolute Gasteiger partial charge is 0.492 e. The second kappa shape index (κ2) is 23.3. The molecule has 4 atom stereocenters. The van der Waals surface area contributed by atoms with Crippen molar-refractivity contribution in [2.75, 3.05) is 46.4 Å². The number of rotatable bonds is 17. The van der Waals surface area contributed by atoms with Crippen LogP contribution in [0.2, 0.25) is 0 Å². The summed E-state index contributed by atoms with van der Waals surface area (Å²) in [6.45, 7) is 1.98. The first-order chi connectivity index (χ1) is 31.6. The van der Waals surface area contributed by atoms with E-state index in [1.165, 1.54) is 43.1 Å². The summed E-state index contributed by atoms with van der Waals surface area (Å²) >= 11 is 0. The Balaban J connectivity index is 1.56. The number of nitriles is 1. The highest BCUT2D eigenvalue weighted by Crippen LogP contribution is 2.40. The zero-order valence-corrected chi connectivity index (χ0v) is 36.6. The number of carbonyl (C=O) groups is 5. The Morgan fingerprint density at radius 2 is 1.44 bits per heavy atom. The quantitative estimate of drug-likeness (QED) is 0.0598. The molecule has 5 amide bonds. The molecular formula is C47H54F3N9O7. The maximum Gasteiger partial charge on any atom is 0.416 e. The van der Waals surface area contributed by atoms with Gasteiger partial charge in [0.1, 0.15) is 55.4 Å². The van der Waals surface area contributed by atoms with Crippen molar-refractivity contribution in [1.29, 1.82) is 5.26 Å². The average Bonchev–Trinajstić information content (AvgIpc) is 3.31. The molecule has 0 spiro atoms. The van der Waals surface area contributed by atoms with Gasteiger partial charge in [0.25, 0.3) is 5.91 Å². The minimum atomic E-state index is -4.49. The molecule has 1 heterocycles. The van der Waals surface area contributed by atoms with Crippen molar-refractivity contribution in [3.05, 3.63) is 107 Å². The van der Waals surface area contributed by atoms with E-state index in [0.717, 1.165) is 12.1 Å². The van der Waals surface area contributed by atoms with E-state index in [9.17, 15) is 37.1 Å². The zero-order valence-electron chi connectivity index (χ0n) is 36.6. The summed E-state index contributed by atoms with van der Waals surface area (Å²) in [5.74, 6) is -2.72. The molecule has 0 saturated carbocycles. The van der Waals surface area contributed by atoms with Crippen LogP contribution in [0.4, 0.5) is 13.2 Å². The molecule has 66 heavy (non-hydrogen) atoms. The third kappa shape index (κ3) is 12.8. The molecule has 19 heteroatoms. The smallest absolute Gasteiger partial charge is 0.416 e. The lowest BCUT2D eigenvalue weighted by Crippen LogP contribution is -2.56. The first-order valence-electron chi connectivity index (χ1n) is 21.3. The van der Waals surface area contributed by atoms with Crippen LogP contribution in [0.5, 0.6) is 11.5 Å². The van der Waals surface area contributed by atoms with Gasteiger partial charge in [-0.2, -0.15) is 18.4 Å². The van der Waals surface area contributed by atoms with Gasteiger partial charge < -0.3 is 52.8 Å². The van der Waals surface area contributed by atoms with Crippen LogP contribution in [0.25, 0.3) is 22.3 Å². The second-order valence-corrected chi connectivity index (χ2v) is 15.5. The highest BCUT2D eigenvalue weighted by Gasteiger charge is 2.36. The Hall–Kier alpha value is -7.01. The van der Waals surface area contributed by atoms with Crippen molar-refractivity contribution in [3.8, 4) is 39.8 Å². The van der Waals surface area contributed by atoms with Crippen LogP contribution in [0, 0.1) is 11.3 Å². The van der Waals surface area contributed by atoms with E-state index in [1.54, 1.807) is 48.5 Å². The number of amides is 5. The predicted octanol–water partition coefficient (Wildman–Crippen LogP) is 3.33. The summed E-state index contributed by atoms with van der Waals surface area (Å²) in [5.41, 5.74) is 19.6. The first-order valence-corrected chi connectivity index (χ1v) is 21.3. The third-order valence-corrected chi connectivity index (χ3v) is 10.8. The Labute approximate surface area is 380 Å². The van der Waals surface area contributed by atoms with Crippen molar-refractivity contribution in [2.45, 2.75) is 63.0 Å². The molecule has 5 rings (SSSR count). The van der Waals surface area contributed by atoms with Gasteiger partial charge in [-0.1, -0.05) is 36.4 Å². The fraction of sp³-hybridized carbons (Fsp3) is 0.362. The van der Waals surface area contributed by atoms with Crippen molar-refractivity contribution in [2.24, 2.45) is 17.2 Å². The number of unbranched alkanes of at least 4 members (excludes halogenated alkanes) is 1. The van der Waals surface area contributed by atoms with Gasteiger partial charge in [0.05, 0.1) is 11.6 Å². The maximum absolute atomic E-state index is 14.7. The van der Waals surface area contributed by atoms with Crippen LogP contribution in [0.15, 0.2) is 84.9 Å². The maximum atomic E-state index is 14.7. The van der Waals surface area contributed by atoms with Crippen molar-refractivity contribution >= 4 is 29.5 Å². The lowest BCUT2D eigenvalue weighted by Gasteiger charge is -2.32. The fourth-order valence-electron chi connectivity index (χ4n) is 7.36. The number of benzene rings is 4. The summed E-state index contributed by atoms with van der Waals surface area (Å²) in [6, 6.07) is 17.5. The number of likely N-dealkylation sites (N-methyl/N-ethyl adjacent to an activating group) is 1. The molecule has 0 aromatic heterocycles. The van der Waals surface area contributed by atoms with Crippen LogP contribution in [0.1, 0.15) is 59.3 Å². The molecule has 16 nitrogen and oxygen atoms in total. The Bertz CT molecular complexity index is 2390. The van der Waals surface area contributed by atoms with Crippen molar-refractivity contribution < 1.29 is 46.6 Å². The Morgan fingerprint density at radius 3 is 2.03 bits per heavy atom. The zero-order chi connectivity index (χ0) is 48.0.